The van der Waals surface area contributed by atoms with E-state index in [1.165, 1.54) is 41.8 Å². The number of alkyl halides is 3. The maximum Gasteiger partial charge on any atom is 0.417 e. The number of halogens is 4. The highest BCUT2D eigenvalue weighted by Gasteiger charge is 2.36. The number of ether oxygens (including phenoxy) is 2. The minimum Gasteiger partial charge on any atom is -0.494 e. The summed E-state index contributed by atoms with van der Waals surface area (Å²) in [6, 6.07) is 8.66. The molecular formula is C29H26F4N6O3. The molecule has 0 fully saturated rings. The number of aromatic amines is 1. The van der Waals surface area contributed by atoms with Crippen LogP contribution in [0.3, 0.4) is 0 Å². The molecule has 0 saturated carbocycles. The van der Waals surface area contributed by atoms with E-state index in [-0.39, 0.29) is 48.0 Å². The molecule has 2 aromatic heterocycles. The summed E-state index contributed by atoms with van der Waals surface area (Å²) in [5.41, 5.74) is 0.409. The van der Waals surface area contributed by atoms with Crippen molar-refractivity contribution >= 4 is 12.2 Å². The van der Waals surface area contributed by atoms with Crippen LogP contribution in [0.1, 0.15) is 48.8 Å². The van der Waals surface area contributed by atoms with Crippen LogP contribution in [0.5, 0.6) is 5.75 Å². The summed E-state index contributed by atoms with van der Waals surface area (Å²) in [4.78, 5) is 28.9. The van der Waals surface area contributed by atoms with Crippen molar-refractivity contribution in [2.45, 2.75) is 39.0 Å². The molecular weight excluding hydrogens is 556 g/mol. The number of H-pyrrole nitrogens is 1. The Hall–Kier alpha value is -4.81. The van der Waals surface area contributed by atoms with Gasteiger partial charge in [0.2, 0.25) is 0 Å². The number of hydrogen-bond acceptors (Lipinski definition) is 8. The van der Waals surface area contributed by atoms with E-state index in [1.807, 2.05) is 6.92 Å². The molecule has 1 aliphatic heterocycles. The molecule has 0 spiro atoms. The van der Waals surface area contributed by atoms with Crippen LogP contribution in [0.4, 0.5) is 17.6 Å². The molecule has 5 rings (SSSR count). The fourth-order valence-electron chi connectivity index (χ4n) is 4.45. The summed E-state index contributed by atoms with van der Waals surface area (Å²) in [5, 5.41) is 5.77. The first-order valence-electron chi connectivity index (χ1n) is 13.2. The molecule has 9 nitrogen and oxygen atoms in total. The SMILES string of the molecule is CCCOc1ccc(-c2ncc(C(C(=O)OCC)N3Cc4nc(-c5ccccc5F)[nH]c4C=N3)cn2)c(C(F)(F)F)c1. The van der Waals surface area contributed by atoms with E-state index >= 15 is 0 Å². The van der Waals surface area contributed by atoms with Crippen LogP contribution in [0, 0.1) is 5.82 Å². The smallest absolute Gasteiger partial charge is 0.417 e. The van der Waals surface area contributed by atoms with E-state index in [9.17, 15) is 22.4 Å². The molecule has 3 heterocycles. The summed E-state index contributed by atoms with van der Waals surface area (Å²) in [6.45, 7) is 3.91. The molecule has 1 aliphatic rings. The van der Waals surface area contributed by atoms with Crippen molar-refractivity contribution in [3.05, 3.63) is 83.2 Å². The number of fused-ring (bicyclic) bond motifs is 1. The highest BCUT2D eigenvalue weighted by Crippen LogP contribution is 2.38. The van der Waals surface area contributed by atoms with Gasteiger partial charge in [0.15, 0.2) is 11.9 Å². The number of aromatic nitrogens is 4. The van der Waals surface area contributed by atoms with Gasteiger partial charge in [0.1, 0.15) is 17.4 Å². The standard InChI is InChI=1S/C29H26F4N6O3/c1-3-11-42-18-9-10-19(21(12-18)29(31,32)33)26-34-13-17(14-35-26)25(28(40)41-4-2)39-16-24-23(15-36-39)37-27(38-24)20-7-5-6-8-22(20)30/h5-10,12-15,25H,3-4,11,16H2,1-2H3,(H,37,38). The van der Waals surface area contributed by atoms with Crippen LogP contribution in [0.15, 0.2) is 60.0 Å². The Labute approximate surface area is 238 Å². The Morgan fingerprint density at radius 3 is 2.55 bits per heavy atom. The second-order valence-corrected chi connectivity index (χ2v) is 9.32. The van der Waals surface area contributed by atoms with E-state index in [0.29, 0.717) is 23.6 Å². The number of rotatable bonds is 9. The molecule has 4 aromatic rings. The third-order valence-corrected chi connectivity index (χ3v) is 6.39. The second kappa shape index (κ2) is 12.0. The van der Waals surface area contributed by atoms with Crippen LogP contribution in [-0.2, 0) is 22.3 Å². The van der Waals surface area contributed by atoms with Crippen molar-refractivity contribution in [1.82, 2.24) is 24.9 Å². The highest BCUT2D eigenvalue weighted by atomic mass is 19.4. The summed E-state index contributed by atoms with van der Waals surface area (Å²) in [5.74, 6) is -0.894. The molecule has 2 aromatic carbocycles. The Balaban J connectivity index is 1.44. The lowest BCUT2D eigenvalue weighted by atomic mass is 10.0. The molecule has 0 amide bonds. The molecule has 1 N–H and O–H groups in total. The van der Waals surface area contributed by atoms with E-state index in [1.54, 1.807) is 25.1 Å². The molecule has 0 radical (unpaired) electrons. The van der Waals surface area contributed by atoms with Gasteiger partial charge in [-0.3, -0.25) is 5.01 Å². The van der Waals surface area contributed by atoms with E-state index in [2.05, 4.69) is 25.0 Å². The maximum atomic E-state index is 14.3. The number of nitrogens with one attached hydrogen (secondary N) is 1. The maximum absolute atomic E-state index is 14.3. The molecule has 1 unspecified atom stereocenters. The zero-order valence-electron chi connectivity index (χ0n) is 22.7. The second-order valence-electron chi connectivity index (χ2n) is 9.32. The van der Waals surface area contributed by atoms with Crippen LogP contribution < -0.4 is 4.74 Å². The van der Waals surface area contributed by atoms with Crippen molar-refractivity contribution in [2.75, 3.05) is 13.2 Å². The van der Waals surface area contributed by atoms with Crippen LogP contribution in [0.25, 0.3) is 22.8 Å². The average Bonchev–Trinajstić information content (AvgIpc) is 3.40. The van der Waals surface area contributed by atoms with Gasteiger partial charge in [0, 0.05) is 23.5 Å². The van der Waals surface area contributed by atoms with Crippen LogP contribution >= 0.6 is 0 Å². The highest BCUT2D eigenvalue weighted by molar-refractivity contribution is 5.82. The minimum atomic E-state index is -4.68. The monoisotopic (exact) mass is 582 g/mol. The fraction of sp³-hybridized carbons (Fsp3) is 0.276. The molecule has 218 valence electrons. The van der Waals surface area contributed by atoms with E-state index in [4.69, 9.17) is 9.47 Å². The number of benzene rings is 2. The number of imidazole rings is 1. The lowest BCUT2D eigenvalue weighted by Crippen LogP contribution is -2.33. The normalized spacial score (nSPS) is 13.5. The molecule has 0 saturated heterocycles. The van der Waals surface area contributed by atoms with Gasteiger partial charge in [-0.1, -0.05) is 19.1 Å². The molecule has 0 aliphatic carbocycles. The first kappa shape index (κ1) is 28.7. The Kier molecular flexibility index (Phi) is 8.18. The van der Waals surface area contributed by atoms with E-state index in [0.717, 1.165) is 6.07 Å². The van der Waals surface area contributed by atoms with Crippen LogP contribution in [-0.4, -0.2) is 50.3 Å². The van der Waals surface area contributed by atoms with Gasteiger partial charge in [0.25, 0.3) is 0 Å². The van der Waals surface area contributed by atoms with Gasteiger partial charge in [-0.2, -0.15) is 18.3 Å². The number of nitrogens with zero attached hydrogens (tertiary/aromatic N) is 5. The largest absolute Gasteiger partial charge is 0.494 e. The van der Waals surface area contributed by atoms with Crippen LogP contribution in [0.2, 0.25) is 0 Å². The van der Waals surface area contributed by atoms with Gasteiger partial charge in [-0.15, -0.1) is 0 Å². The summed E-state index contributed by atoms with van der Waals surface area (Å²) in [7, 11) is 0. The van der Waals surface area contributed by atoms with Crippen molar-refractivity contribution in [3.8, 4) is 28.5 Å². The Morgan fingerprint density at radius 1 is 1.10 bits per heavy atom. The lowest BCUT2D eigenvalue weighted by Gasteiger charge is -2.28. The summed E-state index contributed by atoms with van der Waals surface area (Å²) >= 11 is 0. The predicted molar refractivity (Wildman–Crippen MR) is 145 cm³/mol. The first-order chi connectivity index (χ1) is 20.2. The minimum absolute atomic E-state index is 0.0550. The van der Waals surface area contributed by atoms with Crippen molar-refractivity contribution < 1.29 is 31.8 Å². The number of carbonyl (C=O) groups excluding carboxylic acids is 1. The molecule has 13 heteroatoms. The van der Waals surface area contributed by atoms with Crippen molar-refractivity contribution in [2.24, 2.45) is 5.10 Å². The quantitative estimate of drug-likeness (QED) is 0.193. The third-order valence-electron chi connectivity index (χ3n) is 6.39. The van der Waals surface area contributed by atoms with Gasteiger partial charge in [-0.05, 0) is 43.7 Å². The number of esters is 1. The summed E-state index contributed by atoms with van der Waals surface area (Å²) in [6.07, 6.45) is -0.0421. The fourth-order valence-corrected chi connectivity index (χ4v) is 4.45. The van der Waals surface area contributed by atoms with Gasteiger partial charge < -0.3 is 14.5 Å². The Bertz CT molecular complexity index is 1600. The topological polar surface area (TPSA) is 106 Å². The number of hydrogen-bond donors (Lipinski definition) is 1. The summed E-state index contributed by atoms with van der Waals surface area (Å²) < 4.78 is 66.7. The van der Waals surface area contributed by atoms with Gasteiger partial charge in [0.05, 0.1) is 48.5 Å². The molecule has 1 atom stereocenters. The Morgan fingerprint density at radius 2 is 1.86 bits per heavy atom. The molecule has 42 heavy (non-hydrogen) atoms. The zero-order chi connectivity index (χ0) is 29.9. The van der Waals surface area contributed by atoms with Gasteiger partial charge >= 0.3 is 12.1 Å². The lowest BCUT2D eigenvalue weighted by molar-refractivity contribution is -0.150. The van der Waals surface area contributed by atoms with Crippen molar-refractivity contribution in [3.63, 3.8) is 0 Å². The number of carbonyl (C=O) groups is 1. The average molecular weight is 583 g/mol. The number of hydrazone groups is 1. The first-order valence-corrected chi connectivity index (χ1v) is 13.2. The third kappa shape index (κ3) is 5.94. The van der Waals surface area contributed by atoms with E-state index < -0.39 is 29.6 Å². The zero-order valence-corrected chi connectivity index (χ0v) is 22.7. The molecule has 0 bridgehead atoms. The van der Waals surface area contributed by atoms with Crippen molar-refractivity contribution in [1.29, 1.82) is 0 Å². The van der Waals surface area contributed by atoms with Gasteiger partial charge in [-0.25, -0.2) is 24.1 Å². The predicted octanol–water partition coefficient (Wildman–Crippen LogP) is 5.93.